The highest BCUT2D eigenvalue weighted by atomic mass is 16.5. The second-order valence-electron chi connectivity index (χ2n) is 10.7. The lowest BCUT2D eigenvalue weighted by atomic mass is 9.75. The molecule has 1 amide bonds. The van der Waals surface area contributed by atoms with Crippen molar-refractivity contribution >= 4 is 33.9 Å². The largest absolute Gasteiger partial charge is 0.388 e. The predicted molar refractivity (Wildman–Crippen MR) is 138 cm³/mol. The molecule has 0 radical (unpaired) electrons. The highest BCUT2D eigenvalue weighted by molar-refractivity contribution is 5.81. The van der Waals surface area contributed by atoms with Gasteiger partial charge in [0.05, 0.1) is 41.2 Å². The first-order valence-electron chi connectivity index (χ1n) is 12.8. The smallest absolute Gasteiger partial charge is 0.222 e. The second kappa shape index (κ2) is 8.77. The van der Waals surface area contributed by atoms with Crippen molar-refractivity contribution in [3.8, 4) is 0 Å². The number of piperidine rings is 1. The summed E-state index contributed by atoms with van der Waals surface area (Å²) >= 11 is 0. The van der Waals surface area contributed by atoms with E-state index in [0.29, 0.717) is 68.8 Å². The zero-order chi connectivity index (χ0) is 25.8. The maximum atomic E-state index is 13.0. The van der Waals surface area contributed by atoms with Gasteiger partial charge in [0, 0.05) is 25.9 Å². The van der Waals surface area contributed by atoms with Gasteiger partial charge in [-0.05, 0) is 50.8 Å². The van der Waals surface area contributed by atoms with E-state index in [1.54, 1.807) is 6.33 Å². The Balaban J connectivity index is 1.07. The fourth-order valence-electron chi connectivity index (χ4n) is 5.97. The number of hydrogen-bond donors (Lipinski definition) is 3. The number of aromatic nitrogens is 6. The van der Waals surface area contributed by atoms with Gasteiger partial charge >= 0.3 is 0 Å². The molecule has 4 aromatic rings. The SMILES string of the molecule is Cc1nc2ccc(CCC(=O)N3CCC4(CC3)C[C@@](C)(O)[C@H](n3cnc5c(N)ncnc53)CO4)cc2[nH]1. The van der Waals surface area contributed by atoms with E-state index >= 15 is 0 Å². The van der Waals surface area contributed by atoms with Crippen LogP contribution >= 0.6 is 0 Å². The van der Waals surface area contributed by atoms with E-state index in [0.717, 1.165) is 22.4 Å². The highest BCUT2D eigenvalue weighted by Crippen LogP contribution is 2.44. The monoisotopic (exact) mass is 504 g/mol. The van der Waals surface area contributed by atoms with Crippen LogP contribution in [-0.4, -0.2) is 76.3 Å². The summed E-state index contributed by atoms with van der Waals surface area (Å²) in [5.74, 6) is 1.35. The van der Waals surface area contributed by atoms with Gasteiger partial charge in [0.2, 0.25) is 5.91 Å². The number of aliphatic hydroxyl groups is 1. The summed E-state index contributed by atoms with van der Waals surface area (Å²) < 4.78 is 8.26. The van der Waals surface area contributed by atoms with E-state index in [1.807, 2.05) is 35.4 Å². The molecule has 0 aliphatic carbocycles. The number of likely N-dealkylation sites (tertiary alicyclic amines) is 1. The Bertz CT molecular complexity index is 1470. The number of hydrogen-bond acceptors (Lipinski definition) is 8. The first kappa shape index (κ1) is 23.8. The van der Waals surface area contributed by atoms with Crippen LogP contribution < -0.4 is 5.73 Å². The number of carbonyl (C=O) groups is 1. The Morgan fingerprint density at radius 3 is 2.86 bits per heavy atom. The van der Waals surface area contributed by atoms with Crippen LogP contribution in [0.5, 0.6) is 0 Å². The third kappa shape index (κ3) is 4.31. The van der Waals surface area contributed by atoms with Crippen molar-refractivity contribution in [1.82, 2.24) is 34.4 Å². The first-order chi connectivity index (χ1) is 17.7. The lowest BCUT2D eigenvalue weighted by Gasteiger charge is -2.51. The minimum atomic E-state index is -1.04. The highest BCUT2D eigenvalue weighted by Gasteiger charge is 2.50. The molecule has 0 saturated carbocycles. The lowest BCUT2D eigenvalue weighted by molar-refractivity contribution is -0.196. The summed E-state index contributed by atoms with van der Waals surface area (Å²) in [5, 5.41) is 11.5. The Morgan fingerprint density at radius 1 is 1.27 bits per heavy atom. The molecule has 0 bridgehead atoms. The number of H-pyrrole nitrogens is 1. The van der Waals surface area contributed by atoms with Crippen LogP contribution in [0.4, 0.5) is 5.82 Å². The van der Waals surface area contributed by atoms with Crippen LogP contribution in [-0.2, 0) is 16.0 Å². The molecule has 2 aliphatic rings. The quantitative estimate of drug-likeness (QED) is 0.383. The molecular formula is C26H32N8O3. The third-order valence-electron chi connectivity index (χ3n) is 7.99. The molecule has 1 spiro atoms. The lowest BCUT2D eigenvalue weighted by Crippen LogP contribution is -2.58. The minimum absolute atomic E-state index is 0.151. The van der Waals surface area contributed by atoms with E-state index in [2.05, 4.69) is 31.0 Å². The maximum Gasteiger partial charge on any atom is 0.222 e. The van der Waals surface area contributed by atoms with E-state index in [-0.39, 0.29) is 11.9 Å². The summed E-state index contributed by atoms with van der Waals surface area (Å²) in [6, 6.07) is 5.76. The fourth-order valence-corrected chi connectivity index (χ4v) is 5.97. The van der Waals surface area contributed by atoms with Gasteiger partial charge in [-0.15, -0.1) is 0 Å². The van der Waals surface area contributed by atoms with Crippen LogP contribution in [0.15, 0.2) is 30.9 Å². The van der Waals surface area contributed by atoms with Crippen LogP contribution in [0.2, 0.25) is 0 Å². The number of amides is 1. The zero-order valence-corrected chi connectivity index (χ0v) is 21.1. The van der Waals surface area contributed by atoms with Gasteiger partial charge in [-0.2, -0.15) is 0 Å². The summed E-state index contributed by atoms with van der Waals surface area (Å²) in [7, 11) is 0. The van der Waals surface area contributed by atoms with Gasteiger partial charge in [-0.1, -0.05) is 6.07 Å². The van der Waals surface area contributed by atoms with Crippen molar-refractivity contribution in [3.05, 3.63) is 42.2 Å². The molecule has 2 atom stereocenters. The number of nitrogens with one attached hydrogen (secondary N) is 1. The number of imidazole rings is 2. The molecular weight excluding hydrogens is 472 g/mol. The summed E-state index contributed by atoms with van der Waals surface area (Å²) in [4.78, 5) is 35.3. The number of ether oxygens (including phenoxy) is 1. The molecule has 2 fully saturated rings. The summed E-state index contributed by atoms with van der Waals surface area (Å²) in [6.07, 6.45) is 6.05. The molecule has 11 nitrogen and oxygen atoms in total. The molecule has 5 heterocycles. The molecule has 1 aromatic carbocycles. The number of aryl methyl sites for hydroxylation is 2. The van der Waals surface area contributed by atoms with E-state index < -0.39 is 11.2 Å². The van der Waals surface area contributed by atoms with Gasteiger partial charge < -0.3 is 30.0 Å². The Labute approximate surface area is 214 Å². The van der Waals surface area contributed by atoms with Crippen molar-refractivity contribution in [1.29, 1.82) is 0 Å². The molecule has 0 unspecified atom stereocenters. The first-order valence-corrected chi connectivity index (χ1v) is 12.8. The molecule has 11 heteroatoms. The summed E-state index contributed by atoms with van der Waals surface area (Å²) in [5.41, 5.74) is 8.61. The van der Waals surface area contributed by atoms with Gasteiger partial charge in [0.15, 0.2) is 11.5 Å². The number of fused-ring (bicyclic) bond motifs is 2. The standard InChI is InChI=1S/C26H32N8O3/c1-16-31-18-5-3-17(11-19(18)32-16)4-6-21(35)33-9-7-26(8-10-33)13-25(2,36)20(12-37-26)34-15-30-22-23(27)28-14-29-24(22)34/h3,5,11,14-15,20,36H,4,6-10,12-13H2,1-2H3,(H,31,32)(H2,27,28,29)/t20-,25-/m1/s1. The Hall–Kier alpha value is -3.57. The predicted octanol–water partition coefficient (Wildman–Crippen LogP) is 2.30. The van der Waals surface area contributed by atoms with E-state index in [1.165, 1.54) is 6.33 Å². The average Bonchev–Trinajstić information content (AvgIpc) is 3.45. The van der Waals surface area contributed by atoms with Crippen LogP contribution in [0.1, 0.15) is 50.0 Å². The Kier molecular flexibility index (Phi) is 5.64. The molecule has 6 rings (SSSR count). The van der Waals surface area contributed by atoms with Crippen LogP contribution in [0, 0.1) is 6.92 Å². The number of rotatable bonds is 4. The van der Waals surface area contributed by atoms with Crippen LogP contribution in [0.25, 0.3) is 22.2 Å². The number of carbonyl (C=O) groups excluding carboxylic acids is 1. The second-order valence-corrected chi connectivity index (χ2v) is 10.7. The van der Waals surface area contributed by atoms with E-state index in [9.17, 15) is 9.90 Å². The van der Waals surface area contributed by atoms with Gasteiger partial charge in [-0.25, -0.2) is 19.9 Å². The number of nitrogens with zero attached hydrogens (tertiary/aromatic N) is 6. The van der Waals surface area contributed by atoms with Gasteiger partial charge in [0.25, 0.3) is 0 Å². The normalized spacial score (nSPS) is 23.8. The number of benzene rings is 1. The molecule has 2 aliphatic heterocycles. The number of aromatic amines is 1. The number of nitrogens with two attached hydrogens (primary N) is 1. The molecule has 4 N–H and O–H groups in total. The maximum absolute atomic E-state index is 13.0. The molecule has 3 aromatic heterocycles. The summed E-state index contributed by atoms with van der Waals surface area (Å²) in [6.45, 7) is 5.35. The molecule has 2 saturated heterocycles. The van der Waals surface area contributed by atoms with Crippen molar-refractivity contribution in [2.45, 2.75) is 63.2 Å². The number of nitrogen functional groups attached to an aromatic ring is 1. The Morgan fingerprint density at radius 2 is 2.08 bits per heavy atom. The van der Waals surface area contributed by atoms with Crippen LogP contribution in [0.3, 0.4) is 0 Å². The molecule has 37 heavy (non-hydrogen) atoms. The minimum Gasteiger partial charge on any atom is -0.388 e. The fraction of sp³-hybridized carbons (Fsp3) is 0.500. The van der Waals surface area contributed by atoms with E-state index in [4.69, 9.17) is 10.5 Å². The number of anilines is 1. The van der Waals surface area contributed by atoms with Crippen molar-refractivity contribution in [2.75, 3.05) is 25.4 Å². The molecule has 194 valence electrons. The zero-order valence-electron chi connectivity index (χ0n) is 21.1. The van der Waals surface area contributed by atoms with Crippen molar-refractivity contribution < 1.29 is 14.6 Å². The third-order valence-corrected chi connectivity index (χ3v) is 7.99. The van der Waals surface area contributed by atoms with Crippen molar-refractivity contribution in [2.24, 2.45) is 0 Å². The van der Waals surface area contributed by atoms with Crippen molar-refractivity contribution in [3.63, 3.8) is 0 Å². The van der Waals surface area contributed by atoms with Gasteiger partial charge in [-0.3, -0.25) is 4.79 Å². The topological polar surface area (TPSA) is 148 Å². The average molecular weight is 505 g/mol. The van der Waals surface area contributed by atoms with Gasteiger partial charge in [0.1, 0.15) is 17.7 Å².